The molecule has 4 aromatic rings. The largest absolute Gasteiger partial charge is 0.496 e. The van der Waals surface area contributed by atoms with Crippen LogP contribution in [0.2, 0.25) is 0 Å². The van der Waals surface area contributed by atoms with Crippen LogP contribution in [-0.4, -0.2) is 74.3 Å². The minimum absolute atomic E-state index is 0.00494. The quantitative estimate of drug-likeness (QED) is 0.350. The van der Waals surface area contributed by atoms with Gasteiger partial charge in [-0.05, 0) is 52.2 Å². The van der Waals surface area contributed by atoms with E-state index in [1.54, 1.807) is 31.0 Å². The van der Waals surface area contributed by atoms with Gasteiger partial charge in [0.25, 0.3) is 5.91 Å². The number of aromatic nitrogens is 4. The fourth-order valence-electron chi connectivity index (χ4n) is 5.82. The molecule has 222 valence electrons. The Labute approximate surface area is 243 Å². The van der Waals surface area contributed by atoms with Gasteiger partial charge in [-0.15, -0.1) is 0 Å². The number of hydrogen-bond acceptors (Lipinski definition) is 7. The molecule has 0 radical (unpaired) electrons. The lowest BCUT2D eigenvalue weighted by Crippen LogP contribution is -2.46. The molecule has 2 fully saturated rings. The minimum atomic E-state index is -0.566. The highest BCUT2D eigenvalue weighted by molar-refractivity contribution is 6.16. The van der Waals surface area contributed by atoms with Crippen LogP contribution < -0.4 is 15.0 Å². The molecule has 6 rings (SSSR count). The lowest BCUT2D eigenvalue weighted by atomic mass is 10.1. The fourth-order valence-corrected chi connectivity index (χ4v) is 5.82. The molecule has 2 aliphatic rings. The summed E-state index contributed by atoms with van der Waals surface area (Å²) in [6.07, 6.45) is 6.06. The van der Waals surface area contributed by atoms with Gasteiger partial charge < -0.3 is 24.6 Å². The Bertz CT molecular complexity index is 1700. The van der Waals surface area contributed by atoms with Crippen LogP contribution in [0.1, 0.15) is 50.4 Å². The summed E-state index contributed by atoms with van der Waals surface area (Å²) in [5.74, 6) is -0.635. The number of aryl methyl sites for hydroxylation is 2. The third-order valence-corrected chi connectivity index (χ3v) is 7.68. The Morgan fingerprint density at radius 2 is 1.74 bits per heavy atom. The Morgan fingerprint density at radius 1 is 1.02 bits per heavy atom. The van der Waals surface area contributed by atoms with Crippen LogP contribution in [0.25, 0.3) is 21.8 Å². The Balaban J connectivity index is 1.31. The molecule has 1 saturated carbocycles. The number of nitrogens with zero attached hydrogens (tertiary/aromatic N) is 6. The zero-order valence-corrected chi connectivity index (χ0v) is 24.8. The number of amides is 2. The second-order valence-corrected chi connectivity index (χ2v) is 12.2. The number of rotatable bonds is 6. The van der Waals surface area contributed by atoms with Crippen molar-refractivity contribution in [1.29, 1.82) is 0 Å². The van der Waals surface area contributed by atoms with Crippen LogP contribution >= 0.6 is 0 Å². The molecular formula is C30H36FN7O4. The second-order valence-electron chi connectivity index (χ2n) is 12.2. The van der Waals surface area contributed by atoms with Gasteiger partial charge in [-0.25, -0.2) is 9.18 Å². The molecule has 1 atom stereocenters. The second kappa shape index (κ2) is 10.2. The first-order valence-electron chi connectivity index (χ1n) is 14.2. The van der Waals surface area contributed by atoms with Crippen molar-refractivity contribution in [2.24, 2.45) is 14.1 Å². The zero-order valence-electron chi connectivity index (χ0n) is 24.8. The number of fused-ring (bicyclic) bond motifs is 2. The van der Waals surface area contributed by atoms with Gasteiger partial charge >= 0.3 is 6.09 Å². The molecule has 42 heavy (non-hydrogen) atoms. The molecule has 2 aromatic carbocycles. The summed E-state index contributed by atoms with van der Waals surface area (Å²) >= 11 is 0. The van der Waals surface area contributed by atoms with E-state index in [0.29, 0.717) is 28.9 Å². The van der Waals surface area contributed by atoms with Gasteiger partial charge in [0.1, 0.15) is 27.9 Å². The van der Waals surface area contributed by atoms with Crippen LogP contribution in [0.4, 0.5) is 20.6 Å². The van der Waals surface area contributed by atoms with Crippen molar-refractivity contribution in [3.8, 4) is 5.75 Å². The van der Waals surface area contributed by atoms with Crippen molar-refractivity contribution in [1.82, 2.24) is 24.5 Å². The van der Waals surface area contributed by atoms with Gasteiger partial charge in [-0.2, -0.15) is 10.2 Å². The fraction of sp³-hybridized carbons (Fsp3) is 0.467. The molecule has 0 bridgehead atoms. The summed E-state index contributed by atoms with van der Waals surface area (Å²) in [6, 6.07) is 5.00. The number of benzene rings is 2. The summed E-state index contributed by atoms with van der Waals surface area (Å²) in [7, 11) is 5.02. The first-order chi connectivity index (χ1) is 19.9. The monoisotopic (exact) mass is 577 g/mol. The van der Waals surface area contributed by atoms with E-state index in [0.717, 1.165) is 36.9 Å². The molecule has 1 aliphatic heterocycles. The van der Waals surface area contributed by atoms with Crippen LogP contribution in [0.15, 0.2) is 30.6 Å². The van der Waals surface area contributed by atoms with Crippen LogP contribution in [0, 0.1) is 5.82 Å². The average Bonchev–Trinajstić information content (AvgIpc) is 3.27. The Morgan fingerprint density at radius 3 is 2.43 bits per heavy atom. The number of ether oxygens (including phenoxy) is 2. The highest BCUT2D eigenvalue weighted by atomic mass is 19.1. The van der Waals surface area contributed by atoms with Crippen LogP contribution in [0.5, 0.6) is 5.75 Å². The van der Waals surface area contributed by atoms with Crippen molar-refractivity contribution >= 4 is 45.2 Å². The first kappa shape index (κ1) is 27.8. The van der Waals surface area contributed by atoms with E-state index in [-0.39, 0.29) is 29.3 Å². The number of carbonyl (C=O) groups excluding carboxylic acids is 2. The topological polar surface area (TPSA) is 107 Å². The van der Waals surface area contributed by atoms with E-state index >= 15 is 0 Å². The highest BCUT2D eigenvalue weighted by Gasteiger charge is 2.42. The lowest BCUT2D eigenvalue weighted by molar-refractivity contribution is 0.0158. The van der Waals surface area contributed by atoms with Crippen LogP contribution in [0.3, 0.4) is 0 Å². The normalized spacial score (nSPS) is 17.2. The van der Waals surface area contributed by atoms with E-state index in [2.05, 4.69) is 20.4 Å². The van der Waals surface area contributed by atoms with E-state index in [1.807, 2.05) is 37.9 Å². The molecule has 2 amide bonds. The van der Waals surface area contributed by atoms with E-state index in [1.165, 1.54) is 17.9 Å². The molecule has 3 heterocycles. The summed E-state index contributed by atoms with van der Waals surface area (Å²) in [5, 5.41) is 12.9. The smallest absolute Gasteiger partial charge is 0.410 e. The first-order valence-corrected chi connectivity index (χ1v) is 14.2. The van der Waals surface area contributed by atoms with Gasteiger partial charge in [-0.3, -0.25) is 14.2 Å². The molecule has 2 aromatic heterocycles. The number of anilines is 2. The molecule has 11 nitrogen and oxygen atoms in total. The third kappa shape index (κ3) is 5.21. The summed E-state index contributed by atoms with van der Waals surface area (Å²) in [5.41, 5.74) is 1.58. The molecular weight excluding hydrogens is 541 g/mol. The van der Waals surface area contributed by atoms with Crippen molar-refractivity contribution in [2.75, 3.05) is 30.4 Å². The van der Waals surface area contributed by atoms with E-state index < -0.39 is 17.3 Å². The summed E-state index contributed by atoms with van der Waals surface area (Å²) in [4.78, 5) is 30.9. The Kier molecular flexibility index (Phi) is 6.74. The number of methoxy groups -OCH3 is 1. The number of carbonyl (C=O) groups is 2. The SMILES string of the molecule is COc1cc(N2CC[C@@H](N(C(=O)OC(C)(C)C)C3CC3)C2)c2cn(C)nc2c1C(=O)Nc1cc(F)c2nn(C)cc2c1. The molecule has 1 aliphatic carbocycles. The van der Waals surface area contributed by atoms with Crippen LogP contribution in [-0.2, 0) is 18.8 Å². The maximum Gasteiger partial charge on any atom is 0.410 e. The molecule has 1 N–H and O–H groups in total. The zero-order chi connectivity index (χ0) is 29.9. The van der Waals surface area contributed by atoms with Gasteiger partial charge in [0.15, 0.2) is 5.82 Å². The predicted octanol–water partition coefficient (Wildman–Crippen LogP) is 4.84. The van der Waals surface area contributed by atoms with Gasteiger partial charge in [0.2, 0.25) is 0 Å². The molecule has 0 spiro atoms. The van der Waals surface area contributed by atoms with Crippen molar-refractivity contribution in [2.45, 2.75) is 57.7 Å². The summed E-state index contributed by atoms with van der Waals surface area (Å²) < 4.78 is 29.4. The van der Waals surface area contributed by atoms with E-state index in [4.69, 9.17) is 9.47 Å². The third-order valence-electron chi connectivity index (χ3n) is 7.68. The maximum absolute atomic E-state index is 14.7. The minimum Gasteiger partial charge on any atom is -0.496 e. The van der Waals surface area contributed by atoms with Crippen molar-refractivity contribution in [3.05, 3.63) is 42.0 Å². The van der Waals surface area contributed by atoms with Gasteiger partial charge in [-0.1, -0.05) is 0 Å². The van der Waals surface area contributed by atoms with E-state index in [9.17, 15) is 14.0 Å². The molecule has 0 unspecified atom stereocenters. The standard InChI is InChI=1S/C30H36FN7O4/c1-30(2,3)42-29(40)38(19-7-8-19)20-9-10-37(15-20)23-13-24(41-6)25(27-21(23)16-36(5)34-27)28(39)32-18-11-17-14-35(4)33-26(17)22(31)12-18/h11-14,16,19-20H,7-10,15H2,1-6H3,(H,32,39)/t20-/m1/s1. The maximum atomic E-state index is 14.7. The lowest BCUT2D eigenvalue weighted by Gasteiger charge is -2.32. The average molecular weight is 578 g/mol. The highest BCUT2D eigenvalue weighted by Crippen LogP contribution is 2.40. The molecule has 1 saturated heterocycles. The number of halogens is 1. The molecule has 12 heteroatoms. The Hall–Kier alpha value is -4.35. The van der Waals surface area contributed by atoms with Gasteiger partial charge in [0.05, 0.1) is 18.8 Å². The summed E-state index contributed by atoms with van der Waals surface area (Å²) in [6.45, 7) is 6.99. The number of nitrogens with one attached hydrogen (secondary N) is 1. The van der Waals surface area contributed by atoms with Crippen molar-refractivity contribution in [3.63, 3.8) is 0 Å². The van der Waals surface area contributed by atoms with Gasteiger partial charge in [0, 0.05) is 68.1 Å². The predicted molar refractivity (Wildman–Crippen MR) is 158 cm³/mol. The van der Waals surface area contributed by atoms with Crippen molar-refractivity contribution < 1.29 is 23.5 Å². The number of hydrogen-bond donors (Lipinski definition) is 1.